The molecule has 0 aliphatic carbocycles. The van der Waals surface area contributed by atoms with Crippen LogP contribution in [-0.4, -0.2) is 15.0 Å². The third-order valence-corrected chi connectivity index (χ3v) is 2.80. The highest BCUT2D eigenvalue weighted by molar-refractivity contribution is 6.30. The van der Waals surface area contributed by atoms with E-state index in [1.165, 1.54) is 10.7 Å². The molecule has 90 valence electrons. The van der Waals surface area contributed by atoms with E-state index in [0.29, 0.717) is 5.69 Å². The summed E-state index contributed by atoms with van der Waals surface area (Å²) >= 11 is 5.70. The lowest BCUT2D eigenvalue weighted by atomic mass is 10.2. The SMILES string of the molecule is CCC(N)c1cn(-c2cccc(Cl)c2F)nn1. The summed E-state index contributed by atoms with van der Waals surface area (Å²) in [5.41, 5.74) is 6.71. The monoisotopic (exact) mass is 254 g/mol. The Morgan fingerprint density at radius 3 is 3.00 bits per heavy atom. The average molecular weight is 255 g/mol. The number of halogens is 2. The van der Waals surface area contributed by atoms with E-state index in [4.69, 9.17) is 17.3 Å². The number of hydrogen-bond donors (Lipinski definition) is 1. The molecule has 0 amide bonds. The largest absolute Gasteiger partial charge is 0.323 e. The van der Waals surface area contributed by atoms with Crippen molar-refractivity contribution in [2.75, 3.05) is 0 Å². The van der Waals surface area contributed by atoms with Crippen molar-refractivity contribution in [3.8, 4) is 5.69 Å². The molecule has 1 atom stereocenters. The fourth-order valence-electron chi connectivity index (χ4n) is 1.44. The minimum Gasteiger partial charge on any atom is -0.323 e. The molecule has 2 N–H and O–H groups in total. The summed E-state index contributed by atoms with van der Waals surface area (Å²) in [5, 5.41) is 7.81. The van der Waals surface area contributed by atoms with Crippen LogP contribution in [0, 0.1) is 5.82 Å². The summed E-state index contributed by atoms with van der Waals surface area (Å²) in [5.74, 6) is -0.518. The van der Waals surface area contributed by atoms with Gasteiger partial charge >= 0.3 is 0 Å². The molecule has 0 fully saturated rings. The molecule has 0 saturated heterocycles. The Balaban J connectivity index is 2.40. The molecule has 1 heterocycles. The fourth-order valence-corrected chi connectivity index (χ4v) is 1.61. The highest BCUT2D eigenvalue weighted by atomic mass is 35.5. The van der Waals surface area contributed by atoms with E-state index in [-0.39, 0.29) is 16.8 Å². The van der Waals surface area contributed by atoms with Crippen molar-refractivity contribution in [2.45, 2.75) is 19.4 Å². The van der Waals surface area contributed by atoms with E-state index in [9.17, 15) is 4.39 Å². The lowest BCUT2D eigenvalue weighted by Crippen LogP contribution is -2.08. The van der Waals surface area contributed by atoms with Gasteiger partial charge in [-0.2, -0.15) is 0 Å². The van der Waals surface area contributed by atoms with Crippen LogP contribution in [0.2, 0.25) is 5.02 Å². The molecule has 1 unspecified atom stereocenters. The van der Waals surface area contributed by atoms with Crippen LogP contribution in [0.3, 0.4) is 0 Å². The molecule has 0 aliphatic rings. The van der Waals surface area contributed by atoms with Crippen LogP contribution >= 0.6 is 11.6 Å². The van der Waals surface area contributed by atoms with Crippen LogP contribution in [0.15, 0.2) is 24.4 Å². The number of rotatable bonds is 3. The van der Waals surface area contributed by atoms with Crippen molar-refractivity contribution in [1.29, 1.82) is 0 Å². The van der Waals surface area contributed by atoms with Gasteiger partial charge in [0.15, 0.2) is 5.82 Å². The Hall–Kier alpha value is -1.46. The van der Waals surface area contributed by atoms with E-state index < -0.39 is 5.82 Å². The predicted octanol–water partition coefficient (Wildman–Crippen LogP) is 2.47. The van der Waals surface area contributed by atoms with E-state index in [0.717, 1.165) is 6.42 Å². The molecule has 4 nitrogen and oxygen atoms in total. The summed E-state index contributed by atoms with van der Waals surface area (Å²) in [6.07, 6.45) is 2.36. The molecule has 1 aromatic heterocycles. The van der Waals surface area contributed by atoms with Crippen LogP contribution in [0.4, 0.5) is 4.39 Å². The van der Waals surface area contributed by atoms with Crippen LogP contribution < -0.4 is 5.73 Å². The lowest BCUT2D eigenvalue weighted by Gasteiger charge is -2.03. The number of nitrogens with zero attached hydrogens (tertiary/aromatic N) is 3. The van der Waals surface area contributed by atoms with Crippen molar-refractivity contribution < 1.29 is 4.39 Å². The highest BCUT2D eigenvalue weighted by Crippen LogP contribution is 2.21. The van der Waals surface area contributed by atoms with E-state index in [1.807, 2.05) is 6.92 Å². The van der Waals surface area contributed by atoms with Crippen molar-refractivity contribution in [3.05, 3.63) is 40.9 Å². The third kappa shape index (κ3) is 2.30. The number of aromatic nitrogens is 3. The van der Waals surface area contributed by atoms with E-state index in [2.05, 4.69) is 10.3 Å². The zero-order valence-corrected chi connectivity index (χ0v) is 10.0. The molecule has 2 aromatic rings. The summed E-state index contributed by atoms with van der Waals surface area (Å²) in [6, 6.07) is 4.53. The summed E-state index contributed by atoms with van der Waals surface area (Å²) in [4.78, 5) is 0. The van der Waals surface area contributed by atoms with Crippen LogP contribution in [0.1, 0.15) is 25.1 Å². The maximum Gasteiger partial charge on any atom is 0.167 e. The molecule has 0 radical (unpaired) electrons. The zero-order chi connectivity index (χ0) is 12.4. The molecule has 0 aliphatic heterocycles. The van der Waals surface area contributed by atoms with Gasteiger partial charge in [0.05, 0.1) is 23.0 Å². The van der Waals surface area contributed by atoms with Crippen LogP contribution in [0.5, 0.6) is 0 Å². The first-order chi connectivity index (χ1) is 8.13. The molecule has 17 heavy (non-hydrogen) atoms. The second-order valence-corrected chi connectivity index (χ2v) is 4.08. The number of hydrogen-bond acceptors (Lipinski definition) is 3. The van der Waals surface area contributed by atoms with E-state index >= 15 is 0 Å². The van der Waals surface area contributed by atoms with Crippen molar-refractivity contribution in [2.24, 2.45) is 5.73 Å². The Morgan fingerprint density at radius 1 is 1.53 bits per heavy atom. The predicted molar refractivity (Wildman–Crippen MR) is 63.5 cm³/mol. The van der Waals surface area contributed by atoms with Crippen molar-refractivity contribution >= 4 is 11.6 Å². The fraction of sp³-hybridized carbons (Fsp3) is 0.273. The third-order valence-electron chi connectivity index (χ3n) is 2.51. The van der Waals surface area contributed by atoms with Crippen LogP contribution in [0.25, 0.3) is 5.69 Å². The molecule has 0 spiro atoms. The van der Waals surface area contributed by atoms with Gasteiger partial charge in [-0.3, -0.25) is 0 Å². The summed E-state index contributed by atoms with van der Waals surface area (Å²) < 4.78 is 15.1. The van der Waals surface area contributed by atoms with E-state index in [1.54, 1.807) is 18.3 Å². The second-order valence-electron chi connectivity index (χ2n) is 3.68. The topological polar surface area (TPSA) is 56.7 Å². The first-order valence-electron chi connectivity index (χ1n) is 5.25. The van der Waals surface area contributed by atoms with Gasteiger partial charge in [0.2, 0.25) is 0 Å². The quantitative estimate of drug-likeness (QED) is 0.915. The van der Waals surface area contributed by atoms with Crippen LogP contribution in [-0.2, 0) is 0 Å². The molecule has 1 aromatic carbocycles. The molecule has 0 bridgehead atoms. The molecule has 0 saturated carbocycles. The van der Waals surface area contributed by atoms with Gasteiger partial charge in [-0.1, -0.05) is 29.8 Å². The minimum absolute atomic E-state index is 0.0549. The molecular formula is C11H12ClFN4. The maximum atomic E-state index is 13.7. The van der Waals surface area contributed by atoms with Gasteiger partial charge in [0.25, 0.3) is 0 Å². The summed E-state index contributed by atoms with van der Waals surface area (Å²) in [6.45, 7) is 1.95. The summed E-state index contributed by atoms with van der Waals surface area (Å²) in [7, 11) is 0. The normalized spacial score (nSPS) is 12.7. The van der Waals surface area contributed by atoms with Gasteiger partial charge in [0, 0.05) is 0 Å². The highest BCUT2D eigenvalue weighted by Gasteiger charge is 2.13. The first kappa shape index (κ1) is 12.0. The standard InChI is InChI=1S/C11H12ClFN4/c1-2-8(14)9-6-17(16-15-9)10-5-3-4-7(12)11(10)13/h3-6,8H,2,14H2,1H3. The maximum absolute atomic E-state index is 13.7. The molecule has 6 heteroatoms. The van der Waals surface area contributed by atoms with Gasteiger partial charge in [-0.15, -0.1) is 5.10 Å². The smallest absolute Gasteiger partial charge is 0.167 e. The second kappa shape index (κ2) is 4.81. The Kier molecular flexibility index (Phi) is 3.40. The lowest BCUT2D eigenvalue weighted by molar-refractivity contribution is 0.607. The van der Waals surface area contributed by atoms with Gasteiger partial charge < -0.3 is 5.73 Å². The minimum atomic E-state index is -0.518. The van der Waals surface area contributed by atoms with Gasteiger partial charge in [0.1, 0.15) is 5.69 Å². The van der Waals surface area contributed by atoms with Crippen molar-refractivity contribution in [1.82, 2.24) is 15.0 Å². The number of nitrogens with two attached hydrogens (primary N) is 1. The first-order valence-corrected chi connectivity index (χ1v) is 5.63. The van der Waals surface area contributed by atoms with Crippen molar-refractivity contribution in [3.63, 3.8) is 0 Å². The molecular weight excluding hydrogens is 243 g/mol. The Labute approximate surface area is 103 Å². The number of benzene rings is 1. The Bertz CT molecular complexity index is 526. The Morgan fingerprint density at radius 2 is 2.29 bits per heavy atom. The zero-order valence-electron chi connectivity index (χ0n) is 9.27. The average Bonchev–Trinajstić information content (AvgIpc) is 2.81. The van der Waals surface area contributed by atoms with Gasteiger partial charge in [-0.25, -0.2) is 9.07 Å². The molecule has 2 rings (SSSR count). The van der Waals surface area contributed by atoms with Gasteiger partial charge in [-0.05, 0) is 18.6 Å².